The van der Waals surface area contributed by atoms with Crippen LogP contribution in [0.4, 0.5) is 10.8 Å². The molecule has 0 aliphatic rings. The maximum atomic E-state index is 12.4. The average molecular weight is 443 g/mol. The lowest BCUT2D eigenvalue weighted by Crippen LogP contribution is -2.43. The molecule has 0 aliphatic carbocycles. The lowest BCUT2D eigenvalue weighted by Gasteiger charge is -2.16. The zero-order valence-electron chi connectivity index (χ0n) is 16.6. The van der Waals surface area contributed by atoms with E-state index in [9.17, 15) is 9.59 Å². The van der Waals surface area contributed by atoms with Gasteiger partial charge in [-0.3, -0.25) is 4.79 Å². The SMILES string of the molecule is COC(=O)[C@H](Cc1ccccc1)NC(=O)CSc1nnc(Nc2cccc(C)c2)s1. The van der Waals surface area contributed by atoms with Gasteiger partial charge in [-0.2, -0.15) is 0 Å². The number of anilines is 2. The Hall–Kier alpha value is -2.91. The molecule has 0 unspecified atom stereocenters. The summed E-state index contributed by atoms with van der Waals surface area (Å²) in [7, 11) is 1.31. The first-order valence-electron chi connectivity index (χ1n) is 9.24. The highest BCUT2D eigenvalue weighted by molar-refractivity contribution is 8.01. The molecule has 1 atom stereocenters. The molecule has 3 aromatic rings. The predicted molar refractivity (Wildman–Crippen MR) is 119 cm³/mol. The molecule has 9 heteroatoms. The van der Waals surface area contributed by atoms with Gasteiger partial charge in [-0.05, 0) is 30.2 Å². The van der Waals surface area contributed by atoms with Crippen molar-refractivity contribution in [3.8, 4) is 0 Å². The molecule has 1 heterocycles. The summed E-state index contributed by atoms with van der Waals surface area (Å²) in [4.78, 5) is 24.4. The number of nitrogens with zero attached hydrogens (tertiary/aromatic N) is 2. The summed E-state index contributed by atoms with van der Waals surface area (Å²) >= 11 is 2.64. The topological polar surface area (TPSA) is 93.2 Å². The smallest absolute Gasteiger partial charge is 0.328 e. The van der Waals surface area contributed by atoms with Crippen LogP contribution in [0.15, 0.2) is 58.9 Å². The maximum absolute atomic E-state index is 12.4. The van der Waals surface area contributed by atoms with Crippen molar-refractivity contribution in [2.75, 3.05) is 18.2 Å². The Morgan fingerprint density at radius 1 is 1.13 bits per heavy atom. The Bertz CT molecular complexity index is 995. The van der Waals surface area contributed by atoms with Crippen molar-refractivity contribution >= 4 is 45.8 Å². The van der Waals surface area contributed by atoms with Crippen LogP contribution >= 0.6 is 23.1 Å². The standard InChI is InChI=1S/C21H22N4O3S2/c1-14-7-6-10-16(11-14)22-20-24-25-21(30-20)29-13-18(26)23-17(19(27)28-2)12-15-8-4-3-5-9-15/h3-11,17H,12-13H2,1-2H3,(H,22,24)(H,23,26)/t17-/m0/s1. The Labute approximate surface area is 183 Å². The van der Waals surface area contributed by atoms with Crippen LogP contribution < -0.4 is 10.6 Å². The monoisotopic (exact) mass is 442 g/mol. The number of carbonyl (C=O) groups excluding carboxylic acids is 2. The molecule has 0 saturated carbocycles. The summed E-state index contributed by atoms with van der Waals surface area (Å²) in [6.07, 6.45) is 0.368. The molecule has 30 heavy (non-hydrogen) atoms. The number of benzene rings is 2. The molecule has 0 aliphatic heterocycles. The molecular formula is C21H22N4O3S2. The van der Waals surface area contributed by atoms with Gasteiger partial charge in [-0.15, -0.1) is 10.2 Å². The highest BCUT2D eigenvalue weighted by atomic mass is 32.2. The quantitative estimate of drug-likeness (QED) is 0.386. The van der Waals surface area contributed by atoms with Crippen molar-refractivity contribution in [2.45, 2.75) is 23.7 Å². The Kier molecular flexibility index (Phi) is 7.81. The number of aromatic nitrogens is 2. The second-order valence-corrected chi connectivity index (χ2v) is 8.69. The highest BCUT2D eigenvalue weighted by Crippen LogP contribution is 2.27. The van der Waals surface area contributed by atoms with Gasteiger partial charge < -0.3 is 15.4 Å². The first-order valence-corrected chi connectivity index (χ1v) is 11.0. The van der Waals surface area contributed by atoms with Crippen LogP contribution in [0.25, 0.3) is 0 Å². The number of thioether (sulfide) groups is 1. The van der Waals surface area contributed by atoms with Crippen LogP contribution in [-0.2, 0) is 20.7 Å². The lowest BCUT2D eigenvalue weighted by atomic mass is 10.1. The first kappa shape index (κ1) is 21.8. The van der Waals surface area contributed by atoms with Gasteiger partial charge in [-0.25, -0.2) is 4.79 Å². The summed E-state index contributed by atoms with van der Waals surface area (Å²) < 4.78 is 5.49. The molecule has 0 fully saturated rings. The van der Waals surface area contributed by atoms with E-state index in [2.05, 4.69) is 20.8 Å². The fourth-order valence-corrected chi connectivity index (χ4v) is 4.30. The third-order valence-corrected chi connectivity index (χ3v) is 6.08. The summed E-state index contributed by atoms with van der Waals surface area (Å²) in [5, 5.41) is 14.8. The summed E-state index contributed by atoms with van der Waals surface area (Å²) in [5.41, 5.74) is 3.02. The molecule has 2 aromatic carbocycles. The summed E-state index contributed by atoms with van der Waals surface area (Å²) in [5.74, 6) is -0.617. The molecule has 2 N–H and O–H groups in total. The molecular weight excluding hydrogens is 420 g/mol. The van der Waals surface area contributed by atoms with Crippen LogP contribution in [0.1, 0.15) is 11.1 Å². The van der Waals surface area contributed by atoms with Gasteiger partial charge >= 0.3 is 5.97 Å². The van der Waals surface area contributed by atoms with Crippen molar-refractivity contribution in [3.63, 3.8) is 0 Å². The van der Waals surface area contributed by atoms with E-state index in [1.165, 1.54) is 30.2 Å². The zero-order valence-corrected chi connectivity index (χ0v) is 18.3. The van der Waals surface area contributed by atoms with Crippen molar-refractivity contribution in [1.82, 2.24) is 15.5 Å². The van der Waals surface area contributed by atoms with E-state index in [0.717, 1.165) is 16.8 Å². The second-order valence-electron chi connectivity index (χ2n) is 6.49. The molecule has 7 nitrogen and oxygen atoms in total. The molecule has 0 saturated heterocycles. The number of hydrogen-bond donors (Lipinski definition) is 2. The van der Waals surface area contributed by atoms with E-state index in [1.807, 2.05) is 61.5 Å². The van der Waals surface area contributed by atoms with E-state index >= 15 is 0 Å². The molecule has 156 valence electrons. The fourth-order valence-electron chi connectivity index (χ4n) is 2.71. The minimum absolute atomic E-state index is 0.126. The summed E-state index contributed by atoms with van der Waals surface area (Å²) in [6, 6.07) is 16.7. The number of esters is 1. The van der Waals surface area contributed by atoms with E-state index in [1.54, 1.807) is 0 Å². The highest BCUT2D eigenvalue weighted by Gasteiger charge is 2.22. The van der Waals surface area contributed by atoms with Crippen molar-refractivity contribution in [3.05, 3.63) is 65.7 Å². The number of carbonyl (C=O) groups is 2. The minimum Gasteiger partial charge on any atom is -0.467 e. The average Bonchev–Trinajstić information content (AvgIpc) is 3.19. The van der Waals surface area contributed by atoms with Gasteiger partial charge in [0, 0.05) is 12.1 Å². The number of nitrogens with one attached hydrogen (secondary N) is 2. The number of methoxy groups -OCH3 is 1. The van der Waals surface area contributed by atoms with Crippen LogP contribution in [0, 0.1) is 6.92 Å². The van der Waals surface area contributed by atoms with Gasteiger partial charge in [0.1, 0.15) is 6.04 Å². The normalized spacial score (nSPS) is 11.5. The van der Waals surface area contributed by atoms with Crippen molar-refractivity contribution < 1.29 is 14.3 Å². The molecule has 1 aromatic heterocycles. The van der Waals surface area contributed by atoms with Crippen LogP contribution in [0.3, 0.4) is 0 Å². The molecule has 3 rings (SSSR count). The van der Waals surface area contributed by atoms with E-state index < -0.39 is 12.0 Å². The van der Waals surface area contributed by atoms with Crippen molar-refractivity contribution in [2.24, 2.45) is 0 Å². The Balaban J connectivity index is 1.52. The van der Waals surface area contributed by atoms with Gasteiger partial charge in [0.25, 0.3) is 0 Å². The van der Waals surface area contributed by atoms with Gasteiger partial charge in [0.2, 0.25) is 11.0 Å². The molecule has 0 bridgehead atoms. The zero-order chi connectivity index (χ0) is 21.3. The van der Waals surface area contributed by atoms with E-state index in [4.69, 9.17) is 4.74 Å². The van der Waals surface area contributed by atoms with Gasteiger partial charge in [0.05, 0.1) is 12.9 Å². The number of aryl methyl sites for hydroxylation is 1. The van der Waals surface area contributed by atoms with Crippen LogP contribution in [0.2, 0.25) is 0 Å². The minimum atomic E-state index is -0.738. The molecule has 1 amide bonds. The number of hydrogen-bond acceptors (Lipinski definition) is 8. The third kappa shape index (κ3) is 6.57. The largest absolute Gasteiger partial charge is 0.467 e. The third-order valence-electron chi connectivity index (χ3n) is 4.11. The number of rotatable bonds is 9. The van der Waals surface area contributed by atoms with Gasteiger partial charge in [-0.1, -0.05) is 65.6 Å². The van der Waals surface area contributed by atoms with E-state index in [-0.39, 0.29) is 11.7 Å². The molecule has 0 spiro atoms. The molecule has 0 radical (unpaired) electrons. The Morgan fingerprint density at radius 2 is 1.93 bits per heavy atom. The van der Waals surface area contributed by atoms with Gasteiger partial charge in [0.15, 0.2) is 4.34 Å². The predicted octanol–water partition coefficient (Wildman–Crippen LogP) is 3.58. The maximum Gasteiger partial charge on any atom is 0.328 e. The van der Waals surface area contributed by atoms with Crippen LogP contribution in [-0.4, -0.2) is 41.0 Å². The fraction of sp³-hybridized carbons (Fsp3) is 0.238. The van der Waals surface area contributed by atoms with Crippen LogP contribution in [0.5, 0.6) is 0 Å². The van der Waals surface area contributed by atoms with Crippen molar-refractivity contribution in [1.29, 1.82) is 0 Å². The second kappa shape index (κ2) is 10.7. The Morgan fingerprint density at radius 3 is 2.67 bits per heavy atom. The summed E-state index contributed by atoms with van der Waals surface area (Å²) in [6.45, 7) is 2.02. The lowest BCUT2D eigenvalue weighted by molar-refractivity contribution is -0.144. The van der Waals surface area contributed by atoms with E-state index in [0.29, 0.717) is 15.9 Å². The number of amides is 1. The number of ether oxygens (including phenoxy) is 1. The first-order chi connectivity index (χ1) is 14.5.